The Bertz CT molecular complexity index is 1320. The highest BCUT2D eigenvalue weighted by molar-refractivity contribution is 5.71. The van der Waals surface area contributed by atoms with Crippen molar-refractivity contribution in [3.8, 4) is 0 Å². The number of carbonyl (C=O) groups is 3. The monoisotopic (exact) mass is 1150 g/mol. The molecule has 1 unspecified atom stereocenters. The number of unbranched alkanes of at least 4 members (excludes halogenated alkanes) is 55. The van der Waals surface area contributed by atoms with Crippen LogP contribution in [0.2, 0.25) is 0 Å². The van der Waals surface area contributed by atoms with Gasteiger partial charge in [0.05, 0.1) is 0 Å². The maximum Gasteiger partial charge on any atom is 0.306 e. The van der Waals surface area contributed by atoms with Crippen molar-refractivity contribution < 1.29 is 28.6 Å². The van der Waals surface area contributed by atoms with Gasteiger partial charge in [0.1, 0.15) is 13.2 Å². The molecule has 82 heavy (non-hydrogen) atoms. The van der Waals surface area contributed by atoms with Crippen molar-refractivity contribution in [1.82, 2.24) is 0 Å². The molecule has 6 heteroatoms. The van der Waals surface area contributed by atoms with Gasteiger partial charge in [0.25, 0.3) is 0 Å². The predicted octanol–water partition coefficient (Wildman–Crippen LogP) is 25.7. The van der Waals surface area contributed by atoms with E-state index in [4.69, 9.17) is 14.2 Å². The molecule has 1 atom stereocenters. The molecule has 484 valence electrons. The Morgan fingerprint density at radius 3 is 0.634 bits per heavy atom. The molecule has 6 nitrogen and oxygen atoms in total. The maximum atomic E-state index is 12.9. The van der Waals surface area contributed by atoms with Crippen LogP contribution in [0.1, 0.15) is 425 Å². The first-order chi connectivity index (χ1) is 40.5. The SMILES string of the molecule is CCCCC/C=C\CCCCCCCC(=O)OCC(COC(=O)CCCCCCCCCCCCCCCCCCCCCCCCCCCCCCCCCCCCC)OC(=O)CCCCCCCCC/C=C\CCCCCCCC. The number of rotatable bonds is 70. The van der Waals surface area contributed by atoms with Crippen LogP contribution >= 0.6 is 0 Å². The van der Waals surface area contributed by atoms with Crippen LogP contribution in [0.4, 0.5) is 0 Å². The van der Waals surface area contributed by atoms with Crippen molar-refractivity contribution in [3.63, 3.8) is 0 Å². The quantitative estimate of drug-likeness (QED) is 0.0261. The molecule has 0 aromatic rings. The molecule has 0 aromatic carbocycles. The van der Waals surface area contributed by atoms with Gasteiger partial charge in [-0.25, -0.2) is 0 Å². The van der Waals surface area contributed by atoms with Gasteiger partial charge in [0, 0.05) is 19.3 Å². The lowest BCUT2D eigenvalue weighted by Gasteiger charge is -2.18. The van der Waals surface area contributed by atoms with E-state index in [1.165, 1.54) is 321 Å². The van der Waals surface area contributed by atoms with E-state index < -0.39 is 6.10 Å². The van der Waals surface area contributed by atoms with Gasteiger partial charge < -0.3 is 14.2 Å². The maximum absolute atomic E-state index is 12.9. The summed E-state index contributed by atoms with van der Waals surface area (Å²) in [5, 5.41) is 0. The highest BCUT2D eigenvalue weighted by Gasteiger charge is 2.20. The molecule has 0 fully saturated rings. The topological polar surface area (TPSA) is 78.9 Å². The van der Waals surface area contributed by atoms with E-state index in [2.05, 4.69) is 45.1 Å². The molecular formula is C76H144O6. The van der Waals surface area contributed by atoms with Crippen LogP contribution in [0.3, 0.4) is 0 Å². The van der Waals surface area contributed by atoms with Gasteiger partial charge in [0.2, 0.25) is 0 Å². The fourth-order valence-electron chi connectivity index (χ4n) is 11.6. The van der Waals surface area contributed by atoms with E-state index in [1.54, 1.807) is 0 Å². The van der Waals surface area contributed by atoms with Crippen molar-refractivity contribution in [2.75, 3.05) is 13.2 Å². The van der Waals surface area contributed by atoms with Crippen molar-refractivity contribution in [2.45, 2.75) is 431 Å². The molecule has 0 aromatic heterocycles. The Morgan fingerprint density at radius 2 is 0.402 bits per heavy atom. The van der Waals surface area contributed by atoms with Gasteiger partial charge in [-0.15, -0.1) is 0 Å². The van der Waals surface area contributed by atoms with Gasteiger partial charge in [-0.2, -0.15) is 0 Å². The number of ether oxygens (including phenoxy) is 3. The third kappa shape index (κ3) is 68.7. The van der Waals surface area contributed by atoms with E-state index in [-0.39, 0.29) is 31.1 Å². The standard InChI is InChI=1S/C76H144O6/c1-4-7-10-13-16-19-22-25-27-29-30-31-32-33-34-35-36-37-38-39-40-41-42-43-44-45-46-48-49-51-54-57-60-63-66-69-75(78)81-72-73(71-80-74(77)68-65-62-59-56-53-24-21-18-15-12-9-6-3)82-76(79)70-67-64-61-58-55-52-50-47-28-26-23-20-17-14-11-8-5-2/h18,21,26,28,73H,4-17,19-20,22-25,27,29-72H2,1-3H3/b21-18-,28-26-. The zero-order valence-electron chi connectivity index (χ0n) is 55.8. The zero-order chi connectivity index (χ0) is 59.2. The summed E-state index contributed by atoms with van der Waals surface area (Å²) in [6.07, 6.45) is 88.2. The summed E-state index contributed by atoms with van der Waals surface area (Å²) in [5.74, 6) is -0.856. The van der Waals surface area contributed by atoms with Gasteiger partial charge in [-0.1, -0.05) is 360 Å². The number of hydrogen-bond acceptors (Lipinski definition) is 6. The van der Waals surface area contributed by atoms with Crippen LogP contribution in [0.25, 0.3) is 0 Å². The molecule has 0 heterocycles. The normalized spacial score (nSPS) is 12.1. The average Bonchev–Trinajstić information content (AvgIpc) is 3.47. The molecular weight excluding hydrogens is 1010 g/mol. The molecule has 0 aliphatic heterocycles. The minimum Gasteiger partial charge on any atom is -0.462 e. The number of carbonyl (C=O) groups excluding carboxylic acids is 3. The molecule has 0 radical (unpaired) electrons. The molecule has 0 rings (SSSR count). The minimum absolute atomic E-state index is 0.0706. The van der Waals surface area contributed by atoms with Crippen LogP contribution in [0.5, 0.6) is 0 Å². The first-order valence-corrected chi connectivity index (χ1v) is 37.3. The van der Waals surface area contributed by atoms with E-state index in [1.807, 2.05) is 0 Å². The Morgan fingerprint density at radius 1 is 0.232 bits per heavy atom. The molecule has 0 saturated carbocycles. The van der Waals surface area contributed by atoms with Crippen LogP contribution in [0, 0.1) is 0 Å². The summed E-state index contributed by atoms with van der Waals surface area (Å²) in [5.41, 5.74) is 0. The third-order valence-corrected chi connectivity index (χ3v) is 17.2. The van der Waals surface area contributed by atoms with E-state index in [9.17, 15) is 14.4 Å². The molecule has 0 N–H and O–H groups in total. The molecule has 0 spiro atoms. The second-order valence-corrected chi connectivity index (χ2v) is 25.6. The second-order valence-electron chi connectivity index (χ2n) is 25.6. The average molecular weight is 1150 g/mol. The van der Waals surface area contributed by atoms with Gasteiger partial charge >= 0.3 is 17.9 Å². The van der Waals surface area contributed by atoms with Gasteiger partial charge in [-0.3, -0.25) is 14.4 Å². The van der Waals surface area contributed by atoms with Crippen molar-refractivity contribution in [2.24, 2.45) is 0 Å². The van der Waals surface area contributed by atoms with E-state index in [0.717, 1.165) is 64.2 Å². The summed E-state index contributed by atoms with van der Waals surface area (Å²) >= 11 is 0. The van der Waals surface area contributed by atoms with Crippen LogP contribution in [0.15, 0.2) is 24.3 Å². The van der Waals surface area contributed by atoms with Crippen LogP contribution in [-0.4, -0.2) is 37.2 Å². The number of hydrogen-bond donors (Lipinski definition) is 0. The first kappa shape index (κ1) is 79.9. The molecule has 0 bridgehead atoms. The van der Waals surface area contributed by atoms with Gasteiger partial charge in [0.15, 0.2) is 6.10 Å². The second kappa shape index (κ2) is 71.4. The number of allylic oxidation sites excluding steroid dienone is 4. The Balaban J connectivity index is 4.03. The van der Waals surface area contributed by atoms with Crippen molar-refractivity contribution in [1.29, 1.82) is 0 Å². The fourth-order valence-corrected chi connectivity index (χ4v) is 11.6. The molecule has 0 amide bonds. The van der Waals surface area contributed by atoms with E-state index >= 15 is 0 Å². The fraction of sp³-hybridized carbons (Fsp3) is 0.908. The summed E-state index contributed by atoms with van der Waals surface area (Å²) in [6.45, 7) is 6.68. The highest BCUT2D eigenvalue weighted by atomic mass is 16.6. The van der Waals surface area contributed by atoms with E-state index in [0.29, 0.717) is 19.3 Å². The number of esters is 3. The summed E-state index contributed by atoms with van der Waals surface area (Å²) in [6, 6.07) is 0. The largest absolute Gasteiger partial charge is 0.462 e. The van der Waals surface area contributed by atoms with Crippen LogP contribution in [-0.2, 0) is 28.6 Å². The first-order valence-electron chi connectivity index (χ1n) is 37.3. The summed E-state index contributed by atoms with van der Waals surface area (Å²) in [4.78, 5) is 38.4. The minimum atomic E-state index is -0.775. The lowest BCUT2D eigenvalue weighted by Crippen LogP contribution is -2.30. The third-order valence-electron chi connectivity index (χ3n) is 17.2. The molecule has 0 aliphatic carbocycles. The molecule has 0 aliphatic rings. The summed E-state index contributed by atoms with van der Waals surface area (Å²) < 4.78 is 17.0. The lowest BCUT2D eigenvalue weighted by atomic mass is 10.0. The molecule has 0 saturated heterocycles. The summed E-state index contributed by atoms with van der Waals surface area (Å²) in [7, 11) is 0. The predicted molar refractivity (Wildman–Crippen MR) is 358 cm³/mol. The van der Waals surface area contributed by atoms with Gasteiger partial charge in [-0.05, 0) is 70.6 Å². The zero-order valence-corrected chi connectivity index (χ0v) is 55.8. The smallest absolute Gasteiger partial charge is 0.306 e. The Labute approximate surface area is 513 Å². The Hall–Kier alpha value is -2.11. The lowest BCUT2D eigenvalue weighted by molar-refractivity contribution is -0.167. The van der Waals surface area contributed by atoms with Crippen molar-refractivity contribution >= 4 is 17.9 Å². The van der Waals surface area contributed by atoms with Crippen LogP contribution < -0.4 is 0 Å². The highest BCUT2D eigenvalue weighted by Crippen LogP contribution is 2.19. The Kier molecular flexibility index (Phi) is 69.5. The van der Waals surface area contributed by atoms with Crippen molar-refractivity contribution in [3.05, 3.63) is 24.3 Å².